The summed E-state index contributed by atoms with van der Waals surface area (Å²) in [6.07, 6.45) is 6.18. The van der Waals surface area contributed by atoms with Crippen molar-refractivity contribution in [3.05, 3.63) is 53.5 Å². The molecule has 1 aromatic heterocycles. The molecule has 0 saturated carbocycles. The first-order chi connectivity index (χ1) is 15.2. The average Bonchev–Trinajstić information content (AvgIpc) is 3.31. The van der Waals surface area contributed by atoms with Crippen LogP contribution in [-0.4, -0.2) is 52.1 Å². The Balaban J connectivity index is 1.61. The predicted octanol–water partition coefficient (Wildman–Crippen LogP) is 3.46. The lowest BCUT2D eigenvalue weighted by atomic mass is 10.1. The predicted molar refractivity (Wildman–Crippen MR) is 122 cm³/mol. The number of aliphatic imine (C=N–C) groups is 1. The summed E-state index contributed by atoms with van der Waals surface area (Å²) in [7, 11) is 1.67. The third kappa shape index (κ3) is 8.26. The molecule has 0 bridgehead atoms. The quantitative estimate of drug-likeness (QED) is 0.324. The zero-order valence-corrected chi connectivity index (χ0v) is 18.7. The van der Waals surface area contributed by atoms with Crippen molar-refractivity contribution in [2.45, 2.75) is 45.3 Å². The molecule has 1 aliphatic heterocycles. The molecular formula is C24H35N3O4. The van der Waals surface area contributed by atoms with E-state index in [0.717, 1.165) is 67.6 Å². The van der Waals surface area contributed by atoms with Crippen molar-refractivity contribution in [2.24, 2.45) is 4.99 Å². The van der Waals surface area contributed by atoms with Gasteiger partial charge >= 0.3 is 0 Å². The molecule has 31 heavy (non-hydrogen) atoms. The number of ether oxygens (including phenoxy) is 3. The maximum Gasteiger partial charge on any atom is 0.191 e. The number of aryl methyl sites for hydroxylation is 1. The third-order valence-corrected chi connectivity index (χ3v) is 5.19. The Morgan fingerprint density at radius 1 is 1.19 bits per heavy atom. The van der Waals surface area contributed by atoms with E-state index in [2.05, 4.69) is 29.7 Å². The Morgan fingerprint density at radius 2 is 2.13 bits per heavy atom. The molecule has 1 aromatic carbocycles. The van der Waals surface area contributed by atoms with Crippen LogP contribution >= 0.6 is 0 Å². The van der Waals surface area contributed by atoms with E-state index in [4.69, 9.17) is 23.6 Å². The highest BCUT2D eigenvalue weighted by molar-refractivity contribution is 5.79. The van der Waals surface area contributed by atoms with Crippen LogP contribution in [-0.2, 0) is 22.4 Å². The number of rotatable bonds is 11. The molecule has 3 rings (SSSR count). The van der Waals surface area contributed by atoms with Gasteiger partial charge in [-0.1, -0.05) is 12.1 Å². The second-order valence-electron chi connectivity index (χ2n) is 7.74. The van der Waals surface area contributed by atoms with E-state index in [0.29, 0.717) is 19.8 Å². The van der Waals surface area contributed by atoms with Gasteiger partial charge in [-0.2, -0.15) is 0 Å². The monoisotopic (exact) mass is 429 g/mol. The second kappa shape index (κ2) is 13.0. The number of nitrogens with zero attached hydrogens (tertiary/aromatic N) is 1. The van der Waals surface area contributed by atoms with Gasteiger partial charge in [-0.05, 0) is 49.9 Å². The molecule has 1 fully saturated rings. The third-order valence-electron chi connectivity index (χ3n) is 5.19. The molecule has 2 N–H and O–H groups in total. The topological polar surface area (TPSA) is 77.2 Å². The summed E-state index contributed by atoms with van der Waals surface area (Å²) in [6, 6.07) is 10.1. The minimum atomic E-state index is 0.234. The van der Waals surface area contributed by atoms with Crippen LogP contribution in [0.5, 0.6) is 5.75 Å². The van der Waals surface area contributed by atoms with Gasteiger partial charge in [0.2, 0.25) is 0 Å². The largest absolute Gasteiger partial charge is 0.491 e. The molecule has 2 heterocycles. The van der Waals surface area contributed by atoms with Gasteiger partial charge in [0.05, 0.1) is 25.5 Å². The molecule has 1 saturated heterocycles. The van der Waals surface area contributed by atoms with Gasteiger partial charge in [0.15, 0.2) is 5.96 Å². The SMILES string of the molecule is COCCOc1cc(C)ccc1CN=C(NCCc1ccco1)NCC1CCCCO1. The first-order valence-corrected chi connectivity index (χ1v) is 11.1. The summed E-state index contributed by atoms with van der Waals surface area (Å²) in [4.78, 5) is 4.81. The number of guanidine groups is 1. The van der Waals surface area contributed by atoms with Crippen molar-refractivity contribution in [1.29, 1.82) is 0 Å². The van der Waals surface area contributed by atoms with Gasteiger partial charge < -0.3 is 29.3 Å². The number of furan rings is 1. The lowest BCUT2D eigenvalue weighted by molar-refractivity contribution is 0.0194. The molecular weight excluding hydrogens is 394 g/mol. The van der Waals surface area contributed by atoms with Crippen LogP contribution in [0.2, 0.25) is 0 Å². The van der Waals surface area contributed by atoms with Crippen LogP contribution in [0.4, 0.5) is 0 Å². The maximum atomic E-state index is 5.91. The van der Waals surface area contributed by atoms with Crippen molar-refractivity contribution >= 4 is 5.96 Å². The summed E-state index contributed by atoms with van der Waals surface area (Å²) < 4.78 is 22.3. The van der Waals surface area contributed by atoms with Crippen molar-refractivity contribution in [3.8, 4) is 5.75 Å². The number of nitrogens with one attached hydrogen (secondary N) is 2. The van der Waals surface area contributed by atoms with Crippen LogP contribution < -0.4 is 15.4 Å². The Hall–Kier alpha value is -2.51. The summed E-state index contributed by atoms with van der Waals surface area (Å²) in [5, 5.41) is 6.86. The lowest BCUT2D eigenvalue weighted by Crippen LogP contribution is -2.43. The van der Waals surface area contributed by atoms with Gasteiger partial charge in [-0.3, -0.25) is 0 Å². The number of methoxy groups -OCH3 is 1. The highest BCUT2D eigenvalue weighted by atomic mass is 16.5. The van der Waals surface area contributed by atoms with E-state index in [-0.39, 0.29) is 6.10 Å². The van der Waals surface area contributed by atoms with Crippen molar-refractivity contribution in [1.82, 2.24) is 10.6 Å². The van der Waals surface area contributed by atoms with Crippen LogP contribution in [0, 0.1) is 6.92 Å². The second-order valence-corrected chi connectivity index (χ2v) is 7.74. The van der Waals surface area contributed by atoms with Crippen LogP contribution in [0.25, 0.3) is 0 Å². The van der Waals surface area contributed by atoms with Crippen LogP contribution in [0.3, 0.4) is 0 Å². The minimum Gasteiger partial charge on any atom is -0.491 e. The molecule has 0 amide bonds. The Bertz CT molecular complexity index is 786. The molecule has 0 aliphatic carbocycles. The van der Waals surface area contributed by atoms with E-state index in [1.54, 1.807) is 13.4 Å². The lowest BCUT2D eigenvalue weighted by Gasteiger charge is -2.24. The van der Waals surface area contributed by atoms with Gasteiger partial charge in [0.1, 0.15) is 18.1 Å². The van der Waals surface area contributed by atoms with Gasteiger partial charge in [-0.25, -0.2) is 4.99 Å². The summed E-state index contributed by atoms with van der Waals surface area (Å²) in [5.41, 5.74) is 2.20. The average molecular weight is 430 g/mol. The van der Waals surface area contributed by atoms with Crippen molar-refractivity contribution < 1.29 is 18.6 Å². The summed E-state index contributed by atoms with van der Waals surface area (Å²) in [5.74, 6) is 2.57. The van der Waals surface area contributed by atoms with Crippen molar-refractivity contribution in [2.75, 3.05) is 40.0 Å². The molecule has 7 nitrogen and oxygen atoms in total. The van der Waals surface area contributed by atoms with Crippen molar-refractivity contribution in [3.63, 3.8) is 0 Å². The fourth-order valence-electron chi connectivity index (χ4n) is 3.44. The highest BCUT2D eigenvalue weighted by Gasteiger charge is 2.14. The van der Waals surface area contributed by atoms with E-state index >= 15 is 0 Å². The first kappa shape index (κ1) is 23.2. The van der Waals surface area contributed by atoms with E-state index in [1.807, 2.05) is 18.2 Å². The number of hydrogen-bond acceptors (Lipinski definition) is 5. The minimum absolute atomic E-state index is 0.234. The van der Waals surface area contributed by atoms with E-state index in [1.165, 1.54) is 6.42 Å². The zero-order valence-electron chi connectivity index (χ0n) is 18.7. The highest BCUT2D eigenvalue weighted by Crippen LogP contribution is 2.21. The maximum absolute atomic E-state index is 5.91. The van der Waals surface area contributed by atoms with E-state index < -0.39 is 0 Å². The fraction of sp³-hybridized carbons (Fsp3) is 0.542. The van der Waals surface area contributed by atoms with Crippen LogP contribution in [0.1, 0.15) is 36.1 Å². The molecule has 2 aromatic rings. The Labute approximate surface area is 185 Å². The van der Waals surface area contributed by atoms with Gasteiger partial charge in [0, 0.05) is 38.8 Å². The molecule has 1 unspecified atom stereocenters. The van der Waals surface area contributed by atoms with Gasteiger partial charge in [-0.15, -0.1) is 0 Å². The smallest absolute Gasteiger partial charge is 0.191 e. The molecule has 1 aliphatic rings. The van der Waals surface area contributed by atoms with Gasteiger partial charge in [0.25, 0.3) is 0 Å². The molecule has 0 spiro atoms. The standard InChI is InChI=1S/C24H35N3O4/c1-19-8-9-20(23(16-19)31-15-14-28-2)17-26-24(25-11-10-21-7-5-13-29-21)27-18-22-6-3-4-12-30-22/h5,7-9,13,16,22H,3-4,6,10-12,14-15,17-18H2,1-2H3,(H2,25,26,27). The molecule has 1 atom stereocenters. The van der Waals surface area contributed by atoms with Crippen LogP contribution in [0.15, 0.2) is 46.0 Å². The fourth-order valence-corrected chi connectivity index (χ4v) is 3.44. The molecule has 0 radical (unpaired) electrons. The normalized spacial score (nSPS) is 16.8. The molecule has 170 valence electrons. The Morgan fingerprint density at radius 3 is 2.90 bits per heavy atom. The summed E-state index contributed by atoms with van der Waals surface area (Å²) >= 11 is 0. The number of hydrogen-bond donors (Lipinski definition) is 2. The molecule has 7 heteroatoms. The zero-order chi connectivity index (χ0) is 21.7. The number of benzene rings is 1. The first-order valence-electron chi connectivity index (χ1n) is 11.1. The summed E-state index contributed by atoms with van der Waals surface area (Å²) in [6.45, 7) is 5.97. The Kier molecular flexibility index (Phi) is 9.73. The van der Waals surface area contributed by atoms with E-state index in [9.17, 15) is 0 Å².